The van der Waals surface area contributed by atoms with E-state index in [1.54, 1.807) is 12.1 Å². The molecule has 0 fully saturated rings. The molecule has 2 aliphatic rings. The lowest BCUT2D eigenvalue weighted by atomic mass is 9.82. The minimum atomic E-state index is -0.583. The van der Waals surface area contributed by atoms with Crippen molar-refractivity contribution in [2.45, 2.75) is 76.9 Å². The maximum atomic E-state index is 12.9. The molecule has 0 radical (unpaired) electrons. The van der Waals surface area contributed by atoms with Gasteiger partial charge in [0.25, 0.3) is 0 Å². The van der Waals surface area contributed by atoms with Gasteiger partial charge in [-0.2, -0.15) is 0 Å². The molecule has 4 rings (SSSR count). The van der Waals surface area contributed by atoms with Crippen molar-refractivity contribution in [2.24, 2.45) is 0 Å². The topological polar surface area (TPSA) is 96.2 Å². The van der Waals surface area contributed by atoms with Gasteiger partial charge in [0, 0.05) is 42.0 Å². The Labute approximate surface area is 182 Å². The van der Waals surface area contributed by atoms with Crippen LogP contribution in [0.2, 0.25) is 0 Å². The fraction of sp³-hybridized carbons (Fsp3) is 0.480. The molecule has 6 heteroatoms. The first-order valence-electron chi connectivity index (χ1n) is 11.3. The van der Waals surface area contributed by atoms with Crippen molar-refractivity contribution >= 4 is 5.78 Å². The van der Waals surface area contributed by atoms with Crippen LogP contribution in [0.5, 0.6) is 28.7 Å². The Bertz CT molecular complexity index is 967. The van der Waals surface area contributed by atoms with Crippen molar-refractivity contribution in [1.82, 2.24) is 0 Å². The molecule has 2 heterocycles. The predicted octanol–water partition coefficient (Wildman–Crippen LogP) is 5.76. The summed E-state index contributed by atoms with van der Waals surface area (Å²) in [6.07, 6.45) is 7.83. The van der Waals surface area contributed by atoms with Crippen LogP contribution in [-0.4, -0.2) is 27.4 Å². The molecule has 2 bridgehead atoms. The lowest BCUT2D eigenvalue weighted by Crippen LogP contribution is -2.35. The third kappa shape index (κ3) is 4.29. The second-order valence-corrected chi connectivity index (χ2v) is 8.50. The molecule has 2 aromatic carbocycles. The number of Topliss-reactive ketones (excluding diaryl/α,β-unsaturated/α-hetero) is 1. The number of phenols is 3. The summed E-state index contributed by atoms with van der Waals surface area (Å²) in [7, 11) is 0. The van der Waals surface area contributed by atoms with Gasteiger partial charge in [-0.1, -0.05) is 51.5 Å². The molecule has 0 spiro atoms. The number of benzene rings is 2. The second kappa shape index (κ2) is 9.08. The number of hydrogen-bond donors (Lipinski definition) is 3. The van der Waals surface area contributed by atoms with E-state index < -0.39 is 6.29 Å². The monoisotopic (exact) mass is 426 g/mol. The Morgan fingerprint density at radius 3 is 2.45 bits per heavy atom. The predicted molar refractivity (Wildman–Crippen MR) is 116 cm³/mol. The summed E-state index contributed by atoms with van der Waals surface area (Å²) in [5.74, 6) is -0.0880. The van der Waals surface area contributed by atoms with Crippen LogP contribution in [0.15, 0.2) is 24.3 Å². The summed E-state index contributed by atoms with van der Waals surface area (Å²) in [5, 5.41) is 31.3. The Morgan fingerprint density at radius 2 is 1.68 bits per heavy atom. The maximum Gasteiger partial charge on any atom is 0.242 e. The van der Waals surface area contributed by atoms with Gasteiger partial charge in [-0.25, -0.2) is 0 Å². The van der Waals surface area contributed by atoms with Gasteiger partial charge in [-0.05, 0) is 12.5 Å². The maximum absolute atomic E-state index is 12.9. The Balaban J connectivity index is 1.54. The molecule has 3 N–H and O–H groups in total. The van der Waals surface area contributed by atoms with Crippen LogP contribution in [0.1, 0.15) is 92.1 Å². The summed E-state index contributed by atoms with van der Waals surface area (Å²) in [5.41, 5.74) is 1.27. The van der Waals surface area contributed by atoms with Crippen LogP contribution < -0.4 is 9.47 Å². The van der Waals surface area contributed by atoms with Crippen molar-refractivity contribution in [3.8, 4) is 28.7 Å². The zero-order valence-corrected chi connectivity index (χ0v) is 17.9. The van der Waals surface area contributed by atoms with E-state index in [9.17, 15) is 20.1 Å². The summed E-state index contributed by atoms with van der Waals surface area (Å²) < 4.78 is 11.6. The number of carbonyl (C=O) groups is 1. The summed E-state index contributed by atoms with van der Waals surface area (Å²) in [6, 6.07) is 6.25. The Kier molecular flexibility index (Phi) is 6.25. The third-order valence-corrected chi connectivity index (χ3v) is 6.23. The first-order chi connectivity index (χ1) is 15.0. The highest BCUT2D eigenvalue weighted by molar-refractivity contribution is 6.02. The standard InChI is InChI=1S/C25H30O6/c1-2-3-4-5-6-7-8-9-18(27)24-19(28)14-21-23(25(24)29)17-13-22(31-21)30-20-12-15(26)10-11-16(17)20/h10-12,14,17,22,26,28-29H,2-9,13H2,1H3/t17-,22+/m1/s1. The van der Waals surface area contributed by atoms with E-state index >= 15 is 0 Å². The average molecular weight is 427 g/mol. The Hall–Kier alpha value is -2.89. The average Bonchev–Trinajstić information content (AvgIpc) is 2.72. The molecular formula is C25H30O6. The normalized spacial score (nSPS) is 18.5. The fourth-order valence-electron chi connectivity index (χ4n) is 4.63. The lowest BCUT2D eigenvalue weighted by molar-refractivity contribution is -0.0272. The first kappa shape index (κ1) is 21.3. The van der Waals surface area contributed by atoms with E-state index in [1.165, 1.54) is 37.8 Å². The van der Waals surface area contributed by atoms with Gasteiger partial charge in [0.15, 0.2) is 5.78 Å². The van der Waals surface area contributed by atoms with Gasteiger partial charge >= 0.3 is 0 Å². The molecular weight excluding hydrogens is 396 g/mol. The Morgan fingerprint density at radius 1 is 0.968 bits per heavy atom. The molecule has 0 aliphatic carbocycles. The molecule has 2 aliphatic heterocycles. The minimum Gasteiger partial charge on any atom is -0.508 e. The number of unbranched alkanes of at least 4 members (excludes halogenated alkanes) is 6. The van der Waals surface area contributed by atoms with Crippen LogP contribution in [0.4, 0.5) is 0 Å². The van der Waals surface area contributed by atoms with Crippen LogP contribution in [0.3, 0.4) is 0 Å². The van der Waals surface area contributed by atoms with E-state index in [0.29, 0.717) is 23.5 Å². The fourth-order valence-corrected chi connectivity index (χ4v) is 4.63. The van der Waals surface area contributed by atoms with Crippen molar-refractivity contribution < 1.29 is 29.6 Å². The number of ether oxygens (including phenoxy) is 2. The van der Waals surface area contributed by atoms with Gasteiger partial charge in [-0.3, -0.25) is 4.79 Å². The molecule has 0 aromatic heterocycles. The van der Waals surface area contributed by atoms with E-state index in [0.717, 1.165) is 24.8 Å². The van der Waals surface area contributed by atoms with Crippen LogP contribution in [0, 0.1) is 0 Å². The smallest absolute Gasteiger partial charge is 0.242 e. The van der Waals surface area contributed by atoms with Crippen LogP contribution >= 0.6 is 0 Å². The van der Waals surface area contributed by atoms with Crippen molar-refractivity contribution in [2.75, 3.05) is 0 Å². The third-order valence-electron chi connectivity index (χ3n) is 6.23. The number of phenolic OH excluding ortho intramolecular Hbond substituents is 3. The molecule has 2 atom stereocenters. The number of rotatable bonds is 9. The number of fused-ring (bicyclic) bond motifs is 6. The lowest BCUT2D eigenvalue weighted by Gasteiger charge is -2.38. The van der Waals surface area contributed by atoms with Gasteiger partial charge in [-0.15, -0.1) is 0 Å². The summed E-state index contributed by atoms with van der Waals surface area (Å²) >= 11 is 0. The number of carbonyl (C=O) groups excluding carboxylic acids is 1. The summed E-state index contributed by atoms with van der Waals surface area (Å²) in [6.45, 7) is 2.18. The quantitative estimate of drug-likeness (QED) is 0.348. The van der Waals surface area contributed by atoms with E-state index in [2.05, 4.69) is 6.92 Å². The molecule has 0 amide bonds. The van der Waals surface area contributed by atoms with E-state index in [4.69, 9.17) is 9.47 Å². The SMILES string of the molecule is CCCCCCCCCC(=O)c1c(O)cc2c(c1O)[C@@H]1C[C@@H](Oc3cc(O)ccc31)O2. The van der Waals surface area contributed by atoms with Crippen molar-refractivity contribution in [1.29, 1.82) is 0 Å². The largest absolute Gasteiger partial charge is 0.508 e. The number of ketones is 1. The van der Waals surface area contributed by atoms with E-state index in [-0.39, 0.29) is 40.9 Å². The molecule has 0 saturated heterocycles. The summed E-state index contributed by atoms with van der Waals surface area (Å²) in [4.78, 5) is 12.9. The minimum absolute atomic E-state index is 0.0291. The molecule has 2 aromatic rings. The highest BCUT2D eigenvalue weighted by Gasteiger charge is 2.40. The van der Waals surface area contributed by atoms with Gasteiger partial charge in [0.1, 0.15) is 34.3 Å². The van der Waals surface area contributed by atoms with E-state index in [1.807, 2.05) is 0 Å². The highest BCUT2D eigenvalue weighted by Crippen LogP contribution is 2.53. The molecule has 6 nitrogen and oxygen atoms in total. The second-order valence-electron chi connectivity index (χ2n) is 8.50. The molecule has 31 heavy (non-hydrogen) atoms. The van der Waals surface area contributed by atoms with Crippen molar-refractivity contribution in [3.63, 3.8) is 0 Å². The highest BCUT2D eigenvalue weighted by atomic mass is 16.7. The molecule has 0 unspecified atom stereocenters. The zero-order valence-electron chi connectivity index (χ0n) is 17.9. The number of hydrogen-bond acceptors (Lipinski definition) is 6. The first-order valence-corrected chi connectivity index (χ1v) is 11.3. The van der Waals surface area contributed by atoms with Gasteiger partial charge in [0.05, 0.1) is 0 Å². The zero-order chi connectivity index (χ0) is 22.0. The van der Waals surface area contributed by atoms with Gasteiger partial charge < -0.3 is 24.8 Å². The van der Waals surface area contributed by atoms with Crippen LogP contribution in [-0.2, 0) is 0 Å². The number of aromatic hydroxyl groups is 3. The molecule has 166 valence electrons. The molecule has 0 saturated carbocycles. The van der Waals surface area contributed by atoms with Gasteiger partial charge in [0.2, 0.25) is 6.29 Å². The van der Waals surface area contributed by atoms with Crippen molar-refractivity contribution in [3.05, 3.63) is 41.0 Å². The van der Waals surface area contributed by atoms with Crippen LogP contribution in [0.25, 0.3) is 0 Å².